The molecule has 1 unspecified atom stereocenters. The van der Waals surface area contributed by atoms with Crippen LogP contribution >= 0.6 is 0 Å². The second-order valence-electron chi connectivity index (χ2n) is 3.92. The molecule has 0 saturated carbocycles. The van der Waals surface area contributed by atoms with Crippen molar-refractivity contribution in [2.24, 2.45) is 5.73 Å². The number of rotatable bonds is 8. The molecule has 0 aliphatic rings. The molecule has 3 N–H and O–H groups in total. The van der Waals surface area contributed by atoms with Crippen LogP contribution in [0.4, 0.5) is 0 Å². The lowest BCUT2D eigenvalue weighted by Crippen LogP contribution is -2.55. The second kappa shape index (κ2) is 6.76. The first-order valence-corrected chi connectivity index (χ1v) is 5.10. The van der Waals surface area contributed by atoms with Gasteiger partial charge in [0, 0.05) is 0 Å². The third-order valence-corrected chi connectivity index (χ3v) is 2.17. The minimum atomic E-state index is -0.808. The zero-order valence-corrected chi connectivity index (χ0v) is 10.0. The van der Waals surface area contributed by atoms with Gasteiger partial charge in [-0.1, -0.05) is 0 Å². The quantitative estimate of drug-likeness (QED) is 0.558. The molecule has 0 rings (SSSR count). The van der Waals surface area contributed by atoms with E-state index in [-0.39, 0.29) is 12.7 Å². The number of amides is 1. The van der Waals surface area contributed by atoms with E-state index < -0.39 is 11.4 Å². The largest absolute Gasteiger partial charge is 0.377 e. The smallest absolute Gasteiger partial charge is 0.239 e. The van der Waals surface area contributed by atoms with Gasteiger partial charge in [-0.2, -0.15) is 0 Å². The highest BCUT2D eigenvalue weighted by atomic mass is 16.5. The summed E-state index contributed by atoms with van der Waals surface area (Å²) < 4.78 is 10.6. The van der Waals surface area contributed by atoms with Crippen LogP contribution in [0.15, 0.2) is 0 Å². The minimum absolute atomic E-state index is 0.195. The van der Waals surface area contributed by atoms with Gasteiger partial charge < -0.3 is 20.5 Å². The molecule has 0 aromatic carbocycles. The number of carbonyl (C=O) groups is 1. The molecule has 0 aliphatic heterocycles. The molecule has 1 atom stereocenters. The van der Waals surface area contributed by atoms with Gasteiger partial charge in [0.25, 0.3) is 0 Å². The van der Waals surface area contributed by atoms with Crippen LogP contribution in [0.3, 0.4) is 0 Å². The Bertz CT molecular complexity index is 197. The van der Waals surface area contributed by atoms with Crippen LogP contribution in [0.2, 0.25) is 0 Å². The molecule has 0 fully saturated rings. The number of hydrogen-bond acceptors (Lipinski definition) is 4. The summed E-state index contributed by atoms with van der Waals surface area (Å²) in [6, 6.07) is 0. The number of nitrogens with two attached hydrogens (primary N) is 1. The number of likely N-dealkylation sites (N-methyl/N-ethyl adjacent to an activating group) is 1. The van der Waals surface area contributed by atoms with E-state index in [1.54, 1.807) is 14.0 Å². The van der Waals surface area contributed by atoms with Crippen molar-refractivity contribution >= 4 is 5.91 Å². The summed E-state index contributed by atoms with van der Waals surface area (Å²) in [5, 5.41) is 2.84. The number of ether oxygens (including phenoxy) is 2. The third kappa shape index (κ3) is 5.71. The zero-order chi connectivity index (χ0) is 11.9. The number of carbonyl (C=O) groups excluding carboxylic acids is 1. The standard InChI is InChI=1S/C10H22N2O3/c1-8(2)15-6-5-14-7-10(3,12-4)9(11)13/h8,12H,5-7H2,1-4H3,(H2,11,13). The Morgan fingerprint density at radius 2 is 2.07 bits per heavy atom. The molecular weight excluding hydrogens is 196 g/mol. The molecule has 0 heterocycles. The van der Waals surface area contributed by atoms with Crippen LogP contribution in [-0.2, 0) is 14.3 Å². The zero-order valence-electron chi connectivity index (χ0n) is 10.0. The number of primary amides is 1. The molecule has 15 heavy (non-hydrogen) atoms. The van der Waals surface area contributed by atoms with Gasteiger partial charge in [0.05, 0.1) is 25.9 Å². The molecule has 5 nitrogen and oxygen atoms in total. The molecule has 1 amide bonds. The Kier molecular flexibility index (Phi) is 6.47. The maximum Gasteiger partial charge on any atom is 0.239 e. The molecule has 0 bridgehead atoms. The first-order chi connectivity index (χ1) is 6.92. The Hall–Kier alpha value is -0.650. The molecular formula is C10H22N2O3. The van der Waals surface area contributed by atoms with Gasteiger partial charge in [0.1, 0.15) is 5.54 Å². The normalized spacial score (nSPS) is 15.3. The highest BCUT2D eigenvalue weighted by molar-refractivity contribution is 5.84. The molecule has 0 spiro atoms. The van der Waals surface area contributed by atoms with Gasteiger partial charge in [0.15, 0.2) is 0 Å². The maximum absolute atomic E-state index is 11.1. The average molecular weight is 218 g/mol. The van der Waals surface area contributed by atoms with Crippen molar-refractivity contribution in [1.82, 2.24) is 5.32 Å². The van der Waals surface area contributed by atoms with Crippen LogP contribution in [0.5, 0.6) is 0 Å². The van der Waals surface area contributed by atoms with Crippen molar-refractivity contribution in [1.29, 1.82) is 0 Å². The van der Waals surface area contributed by atoms with Crippen molar-refractivity contribution in [3.8, 4) is 0 Å². The Morgan fingerprint density at radius 3 is 2.47 bits per heavy atom. The van der Waals surface area contributed by atoms with Gasteiger partial charge >= 0.3 is 0 Å². The molecule has 0 aliphatic carbocycles. The van der Waals surface area contributed by atoms with E-state index in [2.05, 4.69) is 5.32 Å². The Morgan fingerprint density at radius 1 is 1.47 bits per heavy atom. The van der Waals surface area contributed by atoms with E-state index in [1.807, 2.05) is 13.8 Å². The topological polar surface area (TPSA) is 73.6 Å². The van der Waals surface area contributed by atoms with Crippen molar-refractivity contribution in [2.45, 2.75) is 32.4 Å². The van der Waals surface area contributed by atoms with Gasteiger partial charge in [-0.15, -0.1) is 0 Å². The third-order valence-electron chi connectivity index (χ3n) is 2.17. The summed E-state index contributed by atoms with van der Waals surface area (Å²) >= 11 is 0. The lowest BCUT2D eigenvalue weighted by Gasteiger charge is -2.25. The molecule has 0 aromatic rings. The van der Waals surface area contributed by atoms with Crippen LogP contribution in [0.1, 0.15) is 20.8 Å². The molecule has 0 saturated heterocycles. The van der Waals surface area contributed by atoms with Gasteiger partial charge in [0.2, 0.25) is 5.91 Å². The van der Waals surface area contributed by atoms with Gasteiger partial charge in [-0.05, 0) is 27.8 Å². The predicted molar refractivity (Wildman–Crippen MR) is 58.6 cm³/mol. The van der Waals surface area contributed by atoms with Gasteiger partial charge in [-0.25, -0.2) is 0 Å². The first-order valence-electron chi connectivity index (χ1n) is 5.10. The van der Waals surface area contributed by atoms with Crippen LogP contribution in [0, 0.1) is 0 Å². The minimum Gasteiger partial charge on any atom is -0.377 e. The summed E-state index contributed by atoms with van der Waals surface area (Å²) in [6.45, 7) is 6.86. The Labute approximate surface area is 91.3 Å². The van der Waals surface area contributed by atoms with Crippen molar-refractivity contribution < 1.29 is 14.3 Å². The monoisotopic (exact) mass is 218 g/mol. The van der Waals surface area contributed by atoms with E-state index in [4.69, 9.17) is 15.2 Å². The summed E-state index contributed by atoms with van der Waals surface area (Å²) in [7, 11) is 1.68. The summed E-state index contributed by atoms with van der Waals surface area (Å²) in [5.41, 5.74) is 4.42. The fourth-order valence-electron chi connectivity index (χ4n) is 0.886. The SMILES string of the molecule is CNC(C)(COCCOC(C)C)C(N)=O. The summed E-state index contributed by atoms with van der Waals surface area (Å²) in [5.74, 6) is -0.422. The molecule has 0 aromatic heterocycles. The fourth-order valence-corrected chi connectivity index (χ4v) is 0.886. The average Bonchev–Trinajstić information content (AvgIpc) is 2.16. The van der Waals surface area contributed by atoms with Crippen molar-refractivity contribution in [2.75, 3.05) is 26.9 Å². The van der Waals surface area contributed by atoms with E-state index in [0.29, 0.717) is 13.2 Å². The second-order valence-corrected chi connectivity index (χ2v) is 3.92. The van der Waals surface area contributed by atoms with E-state index in [9.17, 15) is 4.79 Å². The lowest BCUT2D eigenvalue weighted by molar-refractivity contribution is -0.126. The molecule has 0 radical (unpaired) electrons. The Balaban J connectivity index is 3.69. The number of hydrogen-bond donors (Lipinski definition) is 2. The molecule has 90 valence electrons. The van der Waals surface area contributed by atoms with Crippen LogP contribution in [0.25, 0.3) is 0 Å². The van der Waals surface area contributed by atoms with Crippen LogP contribution < -0.4 is 11.1 Å². The lowest BCUT2D eigenvalue weighted by atomic mass is 10.0. The predicted octanol–water partition coefficient (Wildman–Crippen LogP) is -0.109. The summed E-state index contributed by atoms with van der Waals surface area (Å²) in [4.78, 5) is 11.1. The maximum atomic E-state index is 11.1. The van der Waals surface area contributed by atoms with Crippen LogP contribution in [-0.4, -0.2) is 44.4 Å². The molecule has 5 heteroatoms. The van der Waals surface area contributed by atoms with Crippen molar-refractivity contribution in [3.05, 3.63) is 0 Å². The van der Waals surface area contributed by atoms with E-state index in [0.717, 1.165) is 0 Å². The van der Waals surface area contributed by atoms with Gasteiger partial charge in [-0.3, -0.25) is 4.79 Å². The fraction of sp³-hybridized carbons (Fsp3) is 0.900. The van der Waals surface area contributed by atoms with Crippen molar-refractivity contribution in [3.63, 3.8) is 0 Å². The van der Waals surface area contributed by atoms with E-state index >= 15 is 0 Å². The first kappa shape index (κ1) is 14.3. The summed E-state index contributed by atoms with van der Waals surface area (Å²) in [6.07, 6.45) is 0.195. The van der Waals surface area contributed by atoms with E-state index in [1.165, 1.54) is 0 Å². The number of nitrogens with one attached hydrogen (secondary N) is 1. The highest BCUT2D eigenvalue weighted by Crippen LogP contribution is 2.02. The highest BCUT2D eigenvalue weighted by Gasteiger charge is 2.28.